The molecule has 19 heavy (non-hydrogen) atoms. The average molecular weight is 261 g/mol. The van der Waals surface area contributed by atoms with Crippen LogP contribution in [-0.4, -0.2) is 34.3 Å². The van der Waals surface area contributed by atoms with E-state index < -0.39 is 0 Å². The Bertz CT molecular complexity index is 448. The summed E-state index contributed by atoms with van der Waals surface area (Å²) in [5, 5.41) is 9.95. The van der Waals surface area contributed by atoms with Crippen molar-refractivity contribution in [2.24, 2.45) is 0 Å². The lowest BCUT2D eigenvalue weighted by atomic mass is 10.0. The first kappa shape index (κ1) is 12.5. The van der Waals surface area contributed by atoms with Gasteiger partial charge in [0.25, 0.3) is 0 Å². The topological polar surface area (TPSA) is 49.8 Å². The maximum absolute atomic E-state index is 12.2. The van der Waals surface area contributed by atoms with E-state index in [0.717, 1.165) is 24.8 Å². The lowest BCUT2D eigenvalue weighted by molar-refractivity contribution is 0.0480. The summed E-state index contributed by atoms with van der Waals surface area (Å²) < 4.78 is 5.37. The summed E-state index contributed by atoms with van der Waals surface area (Å²) in [6, 6.07) is 9.79. The molecule has 2 aliphatic rings. The van der Waals surface area contributed by atoms with Gasteiger partial charge in [-0.1, -0.05) is 30.3 Å². The first-order valence-corrected chi connectivity index (χ1v) is 6.93. The third kappa shape index (κ3) is 2.45. The van der Waals surface area contributed by atoms with Gasteiger partial charge in [0.2, 0.25) is 0 Å². The Labute approximate surface area is 113 Å². The van der Waals surface area contributed by atoms with E-state index in [1.54, 1.807) is 4.90 Å². The number of fused-ring (bicyclic) bond motifs is 2. The maximum Gasteiger partial charge on any atom is 0.410 e. The first-order chi connectivity index (χ1) is 9.25. The van der Waals surface area contributed by atoms with Crippen molar-refractivity contribution in [2.45, 2.75) is 50.5 Å². The van der Waals surface area contributed by atoms with E-state index in [0.29, 0.717) is 13.0 Å². The van der Waals surface area contributed by atoms with Crippen LogP contribution in [-0.2, 0) is 11.3 Å². The normalized spacial score (nSPS) is 29.3. The molecular formula is C15H19NO3. The highest BCUT2D eigenvalue weighted by molar-refractivity contribution is 5.69. The number of rotatable bonds is 2. The Hall–Kier alpha value is -1.55. The van der Waals surface area contributed by atoms with E-state index >= 15 is 0 Å². The minimum Gasteiger partial charge on any atom is -0.445 e. The van der Waals surface area contributed by atoms with Gasteiger partial charge in [0.05, 0.1) is 12.1 Å². The summed E-state index contributed by atoms with van der Waals surface area (Å²) in [7, 11) is 0. The van der Waals surface area contributed by atoms with Crippen molar-refractivity contribution in [2.75, 3.05) is 0 Å². The smallest absolute Gasteiger partial charge is 0.410 e. The number of benzene rings is 1. The summed E-state index contributed by atoms with van der Waals surface area (Å²) in [6.07, 6.45) is 3.00. The zero-order chi connectivity index (χ0) is 13.2. The molecule has 3 rings (SSSR count). The van der Waals surface area contributed by atoms with Crippen LogP contribution in [0.2, 0.25) is 0 Å². The van der Waals surface area contributed by atoms with E-state index in [-0.39, 0.29) is 24.3 Å². The summed E-state index contributed by atoms with van der Waals surface area (Å²) >= 11 is 0. The van der Waals surface area contributed by atoms with E-state index in [9.17, 15) is 9.90 Å². The number of amides is 1. The molecule has 0 aliphatic carbocycles. The molecule has 2 aliphatic heterocycles. The summed E-state index contributed by atoms with van der Waals surface area (Å²) in [6.45, 7) is 0.297. The molecular weight excluding hydrogens is 242 g/mol. The van der Waals surface area contributed by atoms with Gasteiger partial charge in [-0.25, -0.2) is 4.79 Å². The SMILES string of the molecule is O=C(OCc1ccccc1)N1C2CCCC1C(O)C2. The lowest BCUT2D eigenvalue weighted by Gasteiger charge is -2.34. The van der Waals surface area contributed by atoms with Crippen LogP contribution in [0.4, 0.5) is 4.79 Å². The highest BCUT2D eigenvalue weighted by Crippen LogP contribution is 2.36. The predicted molar refractivity (Wildman–Crippen MR) is 70.5 cm³/mol. The van der Waals surface area contributed by atoms with Gasteiger partial charge < -0.3 is 9.84 Å². The first-order valence-electron chi connectivity index (χ1n) is 6.93. The van der Waals surface area contributed by atoms with Gasteiger partial charge in [-0.2, -0.15) is 0 Å². The Balaban J connectivity index is 1.62. The monoisotopic (exact) mass is 261 g/mol. The predicted octanol–water partition coefficient (Wildman–Crippen LogP) is 2.31. The number of carbonyl (C=O) groups excluding carboxylic acids is 1. The zero-order valence-electron chi connectivity index (χ0n) is 10.9. The minimum atomic E-state index is -0.378. The van der Waals surface area contributed by atoms with Crippen LogP contribution in [0.3, 0.4) is 0 Å². The number of ether oxygens (including phenoxy) is 1. The third-order valence-corrected chi connectivity index (χ3v) is 4.16. The van der Waals surface area contributed by atoms with Crippen molar-refractivity contribution in [3.8, 4) is 0 Å². The van der Waals surface area contributed by atoms with E-state index in [1.807, 2.05) is 30.3 Å². The molecule has 0 spiro atoms. The van der Waals surface area contributed by atoms with Crippen molar-refractivity contribution >= 4 is 6.09 Å². The van der Waals surface area contributed by atoms with Gasteiger partial charge in [-0.15, -0.1) is 0 Å². The van der Waals surface area contributed by atoms with E-state index in [1.165, 1.54) is 0 Å². The van der Waals surface area contributed by atoms with Crippen molar-refractivity contribution in [3.63, 3.8) is 0 Å². The van der Waals surface area contributed by atoms with Crippen molar-refractivity contribution < 1.29 is 14.6 Å². The van der Waals surface area contributed by atoms with E-state index in [2.05, 4.69) is 0 Å². The van der Waals surface area contributed by atoms with Crippen LogP contribution in [0.25, 0.3) is 0 Å². The summed E-state index contributed by atoms with van der Waals surface area (Å²) in [4.78, 5) is 13.9. The van der Waals surface area contributed by atoms with Gasteiger partial charge in [0, 0.05) is 6.04 Å². The number of carbonyl (C=O) groups is 1. The van der Waals surface area contributed by atoms with E-state index in [4.69, 9.17) is 4.74 Å². The lowest BCUT2D eigenvalue weighted by Crippen LogP contribution is -2.46. The summed E-state index contributed by atoms with van der Waals surface area (Å²) in [5.74, 6) is 0. The molecule has 1 aromatic carbocycles. The van der Waals surface area contributed by atoms with Gasteiger partial charge >= 0.3 is 6.09 Å². The number of nitrogens with zero attached hydrogens (tertiary/aromatic N) is 1. The number of hydrogen-bond donors (Lipinski definition) is 1. The molecule has 2 bridgehead atoms. The zero-order valence-corrected chi connectivity index (χ0v) is 10.9. The van der Waals surface area contributed by atoms with Crippen molar-refractivity contribution in [3.05, 3.63) is 35.9 Å². The van der Waals surface area contributed by atoms with Crippen LogP contribution in [0.1, 0.15) is 31.2 Å². The van der Waals surface area contributed by atoms with Gasteiger partial charge in [-0.05, 0) is 31.2 Å². The molecule has 0 saturated carbocycles. The largest absolute Gasteiger partial charge is 0.445 e. The maximum atomic E-state index is 12.2. The number of aliphatic hydroxyl groups is 1. The third-order valence-electron chi connectivity index (χ3n) is 4.16. The molecule has 3 unspecified atom stereocenters. The molecule has 0 aromatic heterocycles. The number of aliphatic hydroxyl groups excluding tert-OH is 1. The standard InChI is InChI=1S/C15H19NO3/c17-14-9-12-7-4-8-13(14)16(12)15(18)19-10-11-5-2-1-3-6-11/h1-3,5-6,12-14,17H,4,7-10H2. The van der Waals surface area contributed by atoms with Crippen LogP contribution >= 0.6 is 0 Å². The Morgan fingerprint density at radius 3 is 2.84 bits per heavy atom. The van der Waals surface area contributed by atoms with Crippen LogP contribution in [0.15, 0.2) is 30.3 Å². The molecule has 1 aromatic rings. The fourth-order valence-electron chi connectivity index (χ4n) is 3.23. The molecule has 3 atom stereocenters. The highest BCUT2D eigenvalue weighted by Gasteiger charge is 2.45. The van der Waals surface area contributed by atoms with Crippen molar-refractivity contribution in [1.82, 2.24) is 4.90 Å². The molecule has 1 amide bonds. The second kappa shape index (κ2) is 5.21. The molecule has 2 fully saturated rings. The molecule has 2 heterocycles. The molecule has 0 radical (unpaired) electrons. The Kier molecular flexibility index (Phi) is 3.42. The molecule has 102 valence electrons. The second-order valence-electron chi connectivity index (χ2n) is 5.40. The van der Waals surface area contributed by atoms with Gasteiger partial charge in [0.1, 0.15) is 6.61 Å². The molecule has 1 N–H and O–H groups in total. The van der Waals surface area contributed by atoms with Crippen molar-refractivity contribution in [1.29, 1.82) is 0 Å². The van der Waals surface area contributed by atoms with Crippen LogP contribution in [0, 0.1) is 0 Å². The van der Waals surface area contributed by atoms with Gasteiger partial charge in [0.15, 0.2) is 0 Å². The number of hydrogen-bond acceptors (Lipinski definition) is 3. The highest BCUT2D eigenvalue weighted by atomic mass is 16.6. The Morgan fingerprint density at radius 1 is 1.32 bits per heavy atom. The molecule has 4 nitrogen and oxygen atoms in total. The fraction of sp³-hybridized carbons (Fsp3) is 0.533. The summed E-state index contributed by atoms with van der Waals surface area (Å²) in [5.41, 5.74) is 0.987. The number of piperidine rings is 1. The second-order valence-corrected chi connectivity index (χ2v) is 5.40. The molecule has 4 heteroatoms. The minimum absolute atomic E-state index is 0.0398. The Morgan fingerprint density at radius 2 is 2.11 bits per heavy atom. The average Bonchev–Trinajstić information content (AvgIpc) is 2.63. The van der Waals surface area contributed by atoms with Gasteiger partial charge in [-0.3, -0.25) is 4.90 Å². The van der Waals surface area contributed by atoms with Crippen LogP contribution < -0.4 is 0 Å². The fourth-order valence-corrected chi connectivity index (χ4v) is 3.23. The van der Waals surface area contributed by atoms with Crippen LogP contribution in [0.5, 0.6) is 0 Å². The quantitative estimate of drug-likeness (QED) is 0.888. The molecule has 2 saturated heterocycles.